The van der Waals surface area contributed by atoms with Gasteiger partial charge in [0.25, 0.3) is 5.91 Å². The van der Waals surface area contributed by atoms with E-state index in [1.807, 2.05) is 6.92 Å². The predicted octanol–water partition coefficient (Wildman–Crippen LogP) is 1.00. The second-order valence-corrected chi connectivity index (χ2v) is 4.12. The molecule has 1 aromatic rings. The molecule has 1 amide bonds. The van der Waals surface area contributed by atoms with Crippen molar-refractivity contribution in [2.75, 3.05) is 18.5 Å². The van der Waals surface area contributed by atoms with E-state index in [4.69, 9.17) is 10.8 Å². The van der Waals surface area contributed by atoms with Crippen LogP contribution in [-0.4, -0.2) is 29.1 Å². The van der Waals surface area contributed by atoms with Crippen LogP contribution in [0.25, 0.3) is 0 Å². The maximum Gasteiger partial charge on any atom is 0.252 e. The van der Waals surface area contributed by atoms with Crippen molar-refractivity contribution in [2.45, 2.75) is 19.8 Å². The van der Waals surface area contributed by atoms with Gasteiger partial charge in [0.15, 0.2) is 0 Å². The highest BCUT2D eigenvalue weighted by molar-refractivity contribution is 5.97. The van der Waals surface area contributed by atoms with Crippen LogP contribution >= 0.6 is 0 Å². The second-order valence-electron chi connectivity index (χ2n) is 4.12. The molecule has 0 bridgehead atoms. The van der Waals surface area contributed by atoms with Crippen LogP contribution in [0.3, 0.4) is 0 Å². The molecular weight excluding hydrogens is 218 g/mol. The van der Waals surface area contributed by atoms with E-state index < -0.39 is 5.91 Å². The average Bonchev–Trinajstić information content (AvgIpc) is 2.34. The Morgan fingerprint density at radius 1 is 1.65 bits per heavy atom. The first kappa shape index (κ1) is 13.4. The molecule has 1 unspecified atom stereocenters. The maximum absolute atomic E-state index is 11.1. The van der Waals surface area contributed by atoms with E-state index in [2.05, 4.69) is 10.3 Å². The molecule has 0 radical (unpaired) electrons. The topological polar surface area (TPSA) is 88.2 Å². The zero-order chi connectivity index (χ0) is 12.7. The minimum atomic E-state index is -0.482. The first-order valence-corrected chi connectivity index (χ1v) is 5.74. The Balaban J connectivity index is 2.44. The number of anilines is 1. The fraction of sp³-hybridized carbons (Fsp3) is 0.500. The molecule has 0 aromatic carbocycles. The fourth-order valence-corrected chi connectivity index (χ4v) is 1.49. The third kappa shape index (κ3) is 4.40. The largest absolute Gasteiger partial charge is 0.396 e. The maximum atomic E-state index is 11.1. The second kappa shape index (κ2) is 6.85. The lowest BCUT2D eigenvalue weighted by Crippen LogP contribution is -2.16. The number of hydrogen-bond acceptors (Lipinski definition) is 4. The zero-order valence-electron chi connectivity index (χ0n) is 10.0. The van der Waals surface area contributed by atoms with Crippen LogP contribution in [0.2, 0.25) is 0 Å². The molecule has 0 aliphatic carbocycles. The summed E-state index contributed by atoms with van der Waals surface area (Å²) >= 11 is 0. The van der Waals surface area contributed by atoms with Gasteiger partial charge in [-0.2, -0.15) is 0 Å². The van der Waals surface area contributed by atoms with Crippen LogP contribution in [0.1, 0.15) is 30.1 Å². The minimum absolute atomic E-state index is 0.204. The summed E-state index contributed by atoms with van der Waals surface area (Å²) in [5, 5.41) is 12.0. The van der Waals surface area contributed by atoms with Crippen molar-refractivity contribution < 1.29 is 9.90 Å². The normalized spacial score (nSPS) is 12.1. The van der Waals surface area contributed by atoms with Crippen molar-refractivity contribution in [1.82, 2.24) is 4.98 Å². The predicted molar refractivity (Wildman–Crippen MR) is 66.7 cm³/mol. The number of aromatic nitrogens is 1. The Labute approximate surface area is 101 Å². The number of hydrogen-bond donors (Lipinski definition) is 3. The first-order valence-electron chi connectivity index (χ1n) is 5.74. The van der Waals surface area contributed by atoms with Crippen LogP contribution in [0.5, 0.6) is 0 Å². The lowest BCUT2D eigenvalue weighted by atomic mass is 10.1. The Morgan fingerprint density at radius 3 is 3.06 bits per heavy atom. The third-order valence-corrected chi connectivity index (χ3v) is 2.55. The SMILES string of the molecule is CC(CO)CCCNc1ncccc1C(N)=O. The van der Waals surface area contributed by atoms with Crippen LogP contribution in [0.15, 0.2) is 18.3 Å². The Kier molecular flexibility index (Phi) is 5.42. The Bertz CT molecular complexity index is 369. The molecule has 1 aromatic heterocycles. The first-order chi connectivity index (χ1) is 8.15. The molecule has 4 N–H and O–H groups in total. The average molecular weight is 237 g/mol. The number of carbonyl (C=O) groups is 1. The highest BCUT2D eigenvalue weighted by Crippen LogP contribution is 2.11. The summed E-state index contributed by atoms with van der Waals surface area (Å²) in [5.41, 5.74) is 5.64. The third-order valence-electron chi connectivity index (χ3n) is 2.55. The lowest BCUT2D eigenvalue weighted by Gasteiger charge is -2.10. The zero-order valence-corrected chi connectivity index (χ0v) is 10.0. The van der Waals surface area contributed by atoms with Crippen molar-refractivity contribution in [3.8, 4) is 0 Å². The molecule has 0 aliphatic rings. The van der Waals surface area contributed by atoms with Crippen molar-refractivity contribution in [1.29, 1.82) is 0 Å². The minimum Gasteiger partial charge on any atom is -0.396 e. The number of nitrogens with zero attached hydrogens (tertiary/aromatic N) is 1. The van der Waals surface area contributed by atoms with E-state index in [0.717, 1.165) is 12.8 Å². The number of pyridine rings is 1. The van der Waals surface area contributed by atoms with E-state index in [1.165, 1.54) is 0 Å². The van der Waals surface area contributed by atoms with Crippen LogP contribution < -0.4 is 11.1 Å². The van der Waals surface area contributed by atoms with Crippen molar-refractivity contribution in [3.63, 3.8) is 0 Å². The van der Waals surface area contributed by atoms with E-state index in [1.54, 1.807) is 18.3 Å². The smallest absolute Gasteiger partial charge is 0.252 e. The molecule has 5 nitrogen and oxygen atoms in total. The number of carbonyl (C=O) groups excluding carboxylic acids is 1. The highest BCUT2D eigenvalue weighted by Gasteiger charge is 2.07. The molecule has 94 valence electrons. The molecule has 0 saturated carbocycles. The number of nitrogens with two attached hydrogens (primary N) is 1. The van der Waals surface area contributed by atoms with Gasteiger partial charge in [-0.15, -0.1) is 0 Å². The summed E-state index contributed by atoms with van der Waals surface area (Å²) in [4.78, 5) is 15.2. The summed E-state index contributed by atoms with van der Waals surface area (Å²) in [6.07, 6.45) is 3.46. The number of aliphatic hydroxyl groups excluding tert-OH is 1. The van der Waals surface area contributed by atoms with Gasteiger partial charge in [0.1, 0.15) is 5.82 Å². The van der Waals surface area contributed by atoms with Gasteiger partial charge in [0.2, 0.25) is 0 Å². The summed E-state index contributed by atoms with van der Waals surface area (Å²) in [7, 11) is 0. The van der Waals surface area contributed by atoms with Crippen molar-refractivity contribution >= 4 is 11.7 Å². The van der Waals surface area contributed by atoms with Gasteiger partial charge < -0.3 is 16.2 Å². The lowest BCUT2D eigenvalue weighted by molar-refractivity contribution is 0.100. The molecule has 1 heterocycles. The van der Waals surface area contributed by atoms with Gasteiger partial charge in [-0.25, -0.2) is 4.98 Å². The van der Waals surface area contributed by atoms with E-state index in [9.17, 15) is 4.79 Å². The van der Waals surface area contributed by atoms with E-state index >= 15 is 0 Å². The molecule has 0 fully saturated rings. The van der Waals surface area contributed by atoms with Gasteiger partial charge in [-0.1, -0.05) is 6.92 Å². The number of aliphatic hydroxyl groups is 1. The summed E-state index contributed by atoms with van der Waals surface area (Å²) in [5.74, 6) is 0.345. The Morgan fingerprint density at radius 2 is 2.41 bits per heavy atom. The summed E-state index contributed by atoms with van der Waals surface area (Å²) < 4.78 is 0. The van der Waals surface area contributed by atoms with Crippen LogP contribution in [0.4, 0.5) is 5.82 Å². The number of amides is 1. The fourth-order valence-electron chi connectivity index (χ4n) is 1.49. The van der Waals surface area contributed by atoms with Gasteiger partial charge in [0, 0.05) is 19.3 Å². The van der Waals surface area contributed by atoms with Gasteiger partial charge in [-0.3, -0.25) is 4.79 Å². The highest BCUT2D eigenvalue weighted by atomic mass is 16.3. The summed E-state index contributed by atoms with van der Waals surface area (Å²) in [6, 6.07) is 3.33. The Hall–Kier alpha value is -1.62. The van der Waals surface area contributed by atoms with Gasteiger partial charge in [0.05, 0.1) is 5.56 Å². The number of primary amides is 1. The number of nitrogens with one attached hydrogen (secondary N) is 1. The van der Waals surface area contributed by atoms with E-state index in [0.29, 0.717) is 23.8 Å². The van der Waals surface area contributed by atoms with E-state index in [-0.39, 0.29) is 6.61 Å². The molecule has 5 heteroatoms. The van der Waals surface area contributed by atoms with Crippen LogP contribution in [0, 0.1) is 5.92 Å². The standard InChI is InChI=1S/C12H19N3O2/c1-9(8-16)4-2-6-14-12-10(11(13)17)5-3-7-15-12/h3,5,7,9,16H,2,4,6,8H2,1H3,(H2,13,17)(H,14,15). The summed E-state index contributed by atoms with van der Waals surface area (Å²) in [6.45, 7) is 2.91. The van der Waals surface area contributed by atoms with Crippen LogP contribution in [-0.2, 0) is 0 Å². The molecule has 17 heavy (non-hydrogen) atoms. The monoisotopic (exact) mass is 237 g/mol. The quantitative estimate of drug-likeness (QED) is 0.617. The van der Waals surface area contributed by atoms with Gasteiger partial charge in [-0.05, 0) is 30.9 Å². The molecule has 1 atom stereocenters. The molecule has 0 saturated heterocycles. The molecule has 0 spiro atoms. The molecule has 0 aliphatic heterocycles. The van der Waals surface area contributed by atoms with Gasteiger partial charge >= 0.3 is 0 Å². The molecular formula is C12H19N3O2. The molecule has 1 rings (SSSR count). The number of rotatable bonds is 7. The van der Waals surface area contributed by atoms with Crippen molar-refractivity contribution in [2.24, 2.45) is 11.7 Å². The van der Waals surface area contributed by atoms with Crippen molar-refractivity contribution in [3.05, 3.63) is 23.9 Å².